The number of alkyl halides is 3. The minimum Gasteiger partial charge on any atom is -0.366 e. The third-order valence-electron chi connectivity index (χ3n) is 8.05. The zero-order chi connectivity index (χ0) is 32.6. The average Bonchev–Trinajstić information content (AvgIpc) is 3.36. The number of rotatable bonds is 6. The number of anilines is 1. The molecule has 1 saturated heterocycles. The maximum atomic E-state index is 13.9. The molecular formula is C32H28BrClF3N5O4. The van der Waals surface area contributed by atoms with Crippen molar-refractivity contribution in [2.45, 2.75) is 31.9 Å². The molecule has 2 amide bonds. The predicted molar refractivity (Wildman–Crippen MR) is 170 cm³/mol. The van der Waals surface area contributed by atoms with Gasteiger partial charge in [-0.2, -0.15) is 13.2 Å². The first kappa shape index (κ1) is 31.9. The van der Waals surface area contributed by atoms with Crippen LogP contribution in [0.3, 0.4) is 0 Å². The van der Waals surface area contributed by atoms with Crippen LogP contribution in [0.1, 0.15) is 32.1 Å². The van der Waals surface area contributed by atoms with E-state index in [9.17, 15) is 27.6 Å². The lowest BCUT2D eigenvalue weighted by molar-refractivity contribution is -0.221. The quantitative estimate of drug-likeness (QED) is 0.288. The van der Waals surface area contributed by atoms with Crippen molar-refractivity contribution in [1.29, 1.82) is 0 Å². The Morgan fingerprint density at radius 3 is 2.39 bits per heavy atom. The zero-order valence-electron chi connectivity index (χ0n) is 24.3. The smallest absolute Gasteiger partial charge is 0.366 e. The number of benzene rings is 3. The summed E-state index contributed by atoms with van der Waals surface area (Å²) < 4.78 is 48.3. The summed E-state index contributed by atoms with van der Waals surface area (Å²) in [7, 11) is 0. The molecule has 0 bridgehead atoms. The van der Waals surface area contributed by atoms with Gasteiger partial charge >= 0.3 is 11.9 Å². The second-order valence-electron chi connectivity index (χ2n) is 11.0. The lowest BCUT2D eigenvalue weighted by Crippen LogP contribution is -2.49. The van der Waals surface area contributed by atoms with E-state index in [2.05, 4.69) is 21.2 Å². The van der Waals surface area contributed by atoms with Gasteiger partial charge in [-0.1, -0.05) is 41.9 Å². The van der Waals surface area contributed by atoms with Crippen LogP contribution in [0.4, 0.5) is 18.9 Å². The largest absolute Gasteiger partial charge is 0.416 e. The lowest BCUT2D eigenvalue weighted by Gasteiger charge is -2.35. The summed E-state index contributed by atoms with van der Waals surface area (Å²) in [6.07, 6.45) is -6.39. The number of ether oxygens (including phenoxy) is 1. The number of halogens is 5. The minimum atomic E-state index is -4.49. The Morgan fingerprint density at radius 2 is 1.70 bits per heavy atom. The molecular weight excluding hydrogens is 691 g/mol. The third kappa shape index (κ3) is 6.44. The molecule has 2 aliphatic heterocycles. The molecule has 1 unspecified atom stereocenters. The van der Waals surface area contributed by atoms with Gasteiger partial charge in [0.15, 0.2) is 6.10 Å². The molecule has 1 atom stereocenters. The highest BCUT2D eigenvalue weighted by Crippen LogP contribution is 2.30. The molecule has 3 aromatic carbocycles. The monoisotopic (exact) mass is 717 g/mol. The van der Waals surface area contributed by atoms with Crippen LogP contribution >= 0.6 is 27.5 Å². The highest BCUT2D eigenvalue weighted by molar-refractivity contribution is 9.10. The van der Waals surface area contributed by atoms with Gasteiger partial charge in [0.05, 0.1) is 36.1 Å². The molecule has 1 aromatic heterocycles. The van der Waals surface area contributed by atoms with Crippen molar-refractivity contribution < 1.29 is 27.5 Å². The molecule has 1 N–H and O–H groups in total. The van der Waals surface area contributed by atoms with Crippen LogP contribution in [0, 0.1) is 0 Å². The molecule has 0 aliphatic carbocycles. The molecule has 0 radical (unpaired) electrons. The van der Waals surface area contributed by atoms with E-state index in [0.717, 1.165) is 5.56 Å². The second-order valence-corrected chi connectivity index (χ2v) is 12.2. The molecule has 6 rings (SSSR count). The van der Waals surface area contributed by atoms with Gasteiger partial charge in [0.2, 0.25) is 0 Å². The average molecular weight is 719 g/mol. The Labute approximate surface area is 275 Å². The number of nitrogens with zero attached hydrogens (tertiary/aromatic N) is 4. The number of hydrogen-bond acceptors (Lipinski definition) is 5. The van der Waals surface area contributed by atoms with Crippen molar-refractivity contribution in [3.8, 4) is 5.69 Å². The second kappa shape index (κ2) is 13.0. The van der Waals surface area contributed by atoms with E-state index in [1.54, 1.807) is 52.3 Å². The third-order valence-corrected chi connectivity index (χ3v) is 9.28. The highest BCUT2D eigenvalue weighted by Gasteiger charge is 2.43. The fourth-order valence-corrected chi connectivity index (χ4v) is 6.10. The van der Waals surface area contributed by atoms with Crippen LogP contribution in [0.15, 0.2) is 82.1 Å². The van der Waals surface area contributed by atoms with E-state index in [4.69, 9.17) is 16.3 Å². The van der Waals surface area contributed by atoms with Crippen molar-refractivity contribution in [3.63, 3.8) is 0 Å². The normalized spacial score (nSPS) is 16.7. The summed E-state index contributed by atoms with van der Waals surface area (Å²) in [4.78, 5) is 44.3. The summed E-state index contributed by atoms with van der Waals surface area (Å²) >= 11 is 9.56. The first-order chi connectivity index (χ1) is 22.0. The molecule has 46 heavy (non-hydrogen) atoms. The van der Waals surface area contributed by atoms with Crippen LogP contribution in [-0.4, -0.2) is 64.4 Å². The van der Waals surface area contributed by atoms with Gasteiger partial charge in [0, 0.05) is 41.9 Å². The zero-order valence-corrected chi connectivity index (χ0v) is 26.6. The molecule has 1 fully saturated rings. The van der Waals surface area contributed by atoms with Crippen molar-refractivity contribution in [2.75, 3.05) is 31.1 Å². The van der Waals surface area contributed by atoms with Crippen molar-refractivity contribution in [3.05, 3.63) is 115 Å². The Kier molecular flexibility index (Phi) is 8.99. The highest BCUT2D eigenvalue weighted by atomic mass is 79.9. The van der Waals surface area contributed by atoms with E-state index in [0.29, 0.717) is 32.1 Å². The molecule has 9 nitrogen and oxygen atoms in total. The maximum Gasteiger partial charge on any atom is 0.416 e. The standard InChI is InChI=1S/C32H28BrClF3N5O4/c33-24-11-6-21(16-25(24)34)30(44)40-12-13-41-26(18-40)28(29(43)38-17-20-4-2-1-3-5-20)42(31(41)45)23-9-7-22(8-10-23)39-14-15-46-27(19-39)32(35,36)37/h1-11,16,27H,12-15,17-19H2,(H,38,43). The number of imidazole rings is 1. The van der Waals surface area contributed by atoms with E-state index in [1.165, 1.54) is 9.13 Å². The molecule has 0 spiro atoms. The number of fused-ring (bicyclic) bond motifs is 1. The number of carbonyl (C=O) groups is 2. The van der Waals surface area contributed by atoms with Crippen molar-refractivity contribution in [1.82, 2.24) is 19.4 Å². The van der Waals surface area contributed by atoms with Gasteiger partial charge in [0.25, 0.3) is 11.8 Å². The first-order valence-corrected chi connectivity index (χ1v) is 15.6. The Hall–Kier alpha value is -4.07. The van der Waals surface area contributed by atoms with E-state index < -0.39 is 23.9 Å². The van der Waals surface area contributed by atoms with Crippen LogP contribution in [0.2, 0.25) is 5.02 Å². The topological polar surface area (TPSA) is 88.8 Å². The van der Waals surface area contributed by atoms with Crippen LogP contribution in [-0.2, 0) is 24.4 Å². The fourth-order valence-electron chi connectivity index (χ4n) is 5.67. The summed E-state index contributed by atoms with van der Waals surface area (Å²) in [5.74, 6) is -0.815. The maximum absolute atomic E-state index is 13.9. The Bertz CT molecular complexity index is 1830. The number of nitrogens with one attached hydrogen (secondary N) is 1. The van der Waals surface area contributed by atoms with Gasteiger partial charge in [-0.25, -0.2) is 4.79 Å². The van der Waals surface area contributed by atoms with Crippen LogP contribution in [0.5, 0.6) is 0 Å². The molecule has 0 saturated carbocycles. The molecule has 4 aromatic rings. The lowest BCUT2D eigenvalue weighted by atomic mass is 10.1. The van der Waals surface area contributed by atoms with Gasteiger partial charge in [-0.05, 0) is 64.0 Å². The fraction of sp³-hybridized carbons (Fsp3) is 0.281. The van der Waals surface area contributed by atoms with Crippen LogP contribution in [0.25, 0.3) is 5.69 Å². The molecule has 240 valence electrons. The van der Waals surface area contributed by atoms with Crippen molar-refractivity contribution in [2.24, 2.45) is 0 Å². The number of carbonyl (C=O) groups excluding carboxylic acids is 2. The summed E-state index contributed by atoms with van der Waals surface area (Å²) in [5, 5.41) is 3.27. The SMILES string of the molecule is O=C(NCc1ccccc1)c1c2n(c(=O)n1-c1ccc(N3CCOC(C(F)(F)F)C3)cc1)CCN(C(=O)c1ccc(Br)c(Cl)c1)C2. The first-order valence-electron chi connectivity index (χ1n) is 14.5. The van der Waals surface area contributed by atoms with E-state index >= 15 is 0 Å². The number of aromatic nitrogens is 2. The Balaban J connectivity index is 1.34. The van der Waals surface area contributed by atoms with Gasteiger partial charge in [0.1, 0.15) is 5.69 Å². The molecule has 2 aliphatic rings. The van der Waals surface area contributed by atoms with E-state index in [-0.39, 0.29) is 57.5 Å². The molecule has 14 heteroatoms. The Morgan fingerprint density at radius 1 is 0.978 bits per heavy atom. The number of amides is 2. The van der Waals surface area contributed by atoms with E-state index in [1.807, 2.05) is 30.3 Å². The predicted octanol–water partition coefficient (Wildman–Crippen LogP) is 5.41. The molecule has 3 heterocycles. The minimum absolute atomic E-state index is 0.00641. The number of morpholine rings is 1. The number of hydrogen-bond donors (Lipinski definition) is 1. The van der Waals surface area contributed by atoms with Gasteiger partial charge in [-0.15, -0.1) is 0 Å². The summed E-state index contributed by atoms with van der Waals surface area (Å²) in [6, 6.07) is 20.6. The summed E-state index contributed by atoms with van der Waals surface area (Å²) in [5.41, 5.74) is 2.08. The van der Waals surface area contributed by atoms with Gasteiger partial charge in [-0.3, -0.25) is 18.7 Å². The summed E-state index contributed by atoms with van der Waals surface area (Å²) in [6.45, 7) is 0.413. The van der Waals surface area contributed by atoms with Crippen LogP contribution < -0.4 is 15.9 Å². The van der Waals surface area contributed by atoms with Gasteiger partial charge < -0.3 is 19.9 Å². The van der Waals surface area contributed by atoms with Crippen molar-refractivity contribution >= 4 is 45.0 Å².